The molecule has 0 bridgehead atoms. The molecule has 4 aromatic carbocycles. The van der Waals surface area contributed by atoms with Crippen molar-refractivity contribution in [2.24, 2.45) is 0 Å². The molecule has 186 valence electrons. The Morgan fingerprint density at radius 1 is 0.649 bits per heavy atom. The molecule has 0 aliphatic carbocycles. The van der Waals surface area contributed by atoms with E-state index in [0.29, 0.717) is 10.9 Å². The normalized spacial score (nSPS) is 11.9. The number of hydrogen-bond donors (Lipinski definition) is 0. The summed E-state index contributed by atoms with van der Waals surface area (Å²) in [6.07, 6.45) is 5.97. The predicted octanol–water partition coefficient (Wildman–Crippen LogP) is 6.43. The van der Waals surface area contributed by atoms with Crippen LogP contribution in [0.3, 0.4) is 0 Å². The van der Waals surface area contributed by atoms with Crippen molar-refractivity contribution in [2.45, 2.75) is 36.8 Å². The van der Waals surface area contributed by atoms with Crippen LogP contribution in [-0.4, -0.2) is 26.9 Å². The lowest BCUT2D eigenvalue weighted by Gasteiger charge is -2.41. The minimum Gasteiger partial charge on any atom is -0.327 e. The second-order valence-corrected chi connectivity index (χ2v) is 14.3. The van der Waals surface area contributed by atoms with Gasteiger partial charge in [-0.2, -0.15) is 0 Å². The van der Waals surface area contributed by atoms with E-state index < -0.39 is 9.52 Å². The third-order valence-electron chi connectivity index (χ3n) is 6.83. The lowest BCUT2D eigenvalue weighted by molar-refractivity contribution is 0.564. The fourth-order valence-electron chi connectivity index (χ4n) is 5.12. The second-order valence-electron chi connectivity index (χ2n) is 10.8. The van der Waals surface area contributed by atoms with Crippen LogP contribution in [0.5, 0.6) is 0 Å². The summed E-state index contributed by atoms with van der Waals surface area (Å²) in [6, 6.07) is 43.0. The van der Waals surface area contributed by atoms with Gasteiger partial charge in [0.2, 0.25) is 0 Å². The van der Waals surface area contributed by atoms with Crippen molar-refractivity contribution < 1.29 is 0 Å². The van der Waals surface area contributed by atoms with E-state index in [9.17, 15) is 0 Å². The zero-order chi connectivity index (χ0) is 26.1. The SMILES string of the molecule is BC(c1ccccc1)c1ccccc1.CC(C)(C)[SiH2]C(c1ccccc1)(c1ccccc1)n1ccnc1. The predicted molar refractivity (Wildman–Crippen MR) is 163 cm³/mol. The molecule has 2 nitrogen and oxygen atoms in total. The summed E-state index contributed by atoms with van der Waals surface area (Å²) in [5.74, 6) is 0.484. The van der Waals surface area contributed by atoms with Gasteiger partial charge in [-0.3, -0.25) is 0 Å². The molecular weight excluding hydrogens is 463 g/mol. The second kappa shape index (κ2) is 12.1. The molecule has 0 atom stereocenters. The first-order chi connectivity index (χ1) is 17.9. The smallest absolute Gasteiger partial charge is 0.116 e. The van der Waals surface area contributed by atoms with Gasteiger partial charge in [-0.1, -0.05) is 142 Å². The van der Waals surface area contributed by atoms with E-state index in [1.165, 1.54) is 22.3 Å². The van der Waals surface area contributed by atoms with Gasteiger partial charge in [-0.25, -0.2) is 4.98 Å². The summed E-state index contributed by atoms with van der Waals surface area (Å²) >= 11 is 0. The molecule has 37 heavy (non-hydrogen) atoms. The molecule has 0 saturated heterocycles. The van der Waals surface area contributed by atoms with Crippen molar-refractivity contribution in [3.63, 3.8) is 0 Å². The van der Waals surface area contributed by atoms with E-state index in [1.807, 2.05) is 12.5 Å². The van der Waals surface area contributed by atoms with Crippen LogP contribution in [0.2, 0.25) is 5.04 Å². The van der Waals surface area contributed by atoms with Gasteiger partial charge >= 0.3 is 0 Å². The number of benzene rings is 4. The van der Waals surface area contributed by atoms with Gasteiger partial charge in [0.1, 0.15) is 7.85 Å². The monoisotopic (exact) mass is 500 g/mol. The Balaban J connectivity index is 0.000000195. The highest BCUT2D eigenvalue weighted by Gasteiger charge is 2.39. The van der Waals surface area contributed by atoms with E-state index in [-0.39, 0.29) is 5.16 Å². The highest BCUT2D eigenvalue weighted by atomic mass is 28.2. The first-order valence-corrected chi connectivity index (χ1v) is 14.5. The molecule has 0 radical (unpaired) electrons. The van der Waals surface area contributed by atoms with Gasteiger partial charge in [0.05, 0.1) is 21.0 Å². The number of rotatable bonds is 6. The Kier molecular flexibility index (Phi) is 8.63. The van der Waals surface area contributed by atoms with Gasteiger partial charge in [0.25, 0.3) is 0 Å². The maximum absolute atomic E-state index is 4.35. The molecule has 0 N–H and O–H groups in total. The topological polar surface area (TPSA) is 17.8 Å². The quantitative estimate of drug-likeness (QED) is 0.246. The largest absolute Gasteiger partial charge is 0.327 e. The lowest BCUT2D eigenvalue weighted by atomic mass is 9.76. The maximum Gasteiger partial charge on any atom is 0.116 e. The van der Waals surface area contributed by atoms with Crippen molar-refractivity contribution in [2.75, 3.05) is 0 Å². The van der Waals surface area contributed by atoms with Gasteiger partial charge in [0.15, 0.2) is 0 Å². The Bertz CT molecular complexity index is 1240. The highest BCUT2D eigenvalue weighted by molar-refractivity contribution is 6.45. The van der Waals surface area contributed by atoms with E-state index in [2.05, 4.69) is 166 Å². The van der Waals surface area contributed by atoms with Crippen LogP contribution in [0.1, 0.15) is 48.8 Å². The van der Waals surface area contributed by atoms with E-state index in [4.69, 9.17) is 0 Å². The minimum atomic E-state index is -0.586. The highest BCUT2D eigenvalue weighted by Crippen LogP contribution is 2.39. The van der Waals surface area contributed by atoms with Gasteiger partial charge < -0.3 is 4.57 Å². The Labute approximate surface area is 225 Å². The summed E-state index contributed by atoms with van der Waals surface area (Å²) in [5, 5.41) is 0.188. The third-order valence-corrected chi connectivity index (χ3v) is 9.59. The molecule has 1 heterocycles. The van der Waals surface area contributed by atoms with Crippen LogP contribution in [0.25, 0.3) is 0 Å². The Morgan fingerprint density at radius 3 is 1.41 bits per heavy atom. The van der Waals surface area contributed by atoms with Gasteiger partial charge in [-0.15, -0.1) is 0 Å². The first kappa shape index (κ1) is 26.4. The number of hydrogen-bond acceptors (Lipinski definition) is 1. The lowest BCUT2D eigenvalue weighted by Crippen LogP contribution is -2.45. The van der Waals surface area contributed by atoms with E-state index in [1.54, 1.807) is 0 Å². The zero-order valence-corrected chi connectivity index (χ0v) is 23.9. The summed E-state index contributed by atoms with van der Waals surface area (Å²) in [7, 11) is 1.65. The maximum atomic E-state index is 4.35. The Morgan fingerprint density at radius 2 is 1.05 bits per heavy atom. The van der Waals surface area contributed by atoms with Crippen molar-refractivity contribution in [3.05, 3.63) is 162 Å². The molecule has 0 amide bonds. The fraction of sp³-hybridized carbons (Fsp3) is 0.182. The van der Waals surface area contributed by atoms with Crippen molar-refractivity contribution in [1.82, 2.24) is 9.55 Å². The van der Waals surface area contributed by atoms with Gasteiger partial charge in [0, 0.05) is 12.4 Å². The third kappa shape index (κ3) is 6.58. The number of imidazole rings is 1. The summed E-state index contributed by atoms with van der Waals surface area (Å²) in [4.78, 5) is 4.35. The van der Waals surface area contributed by atoms with E-state index in [0.717, 1.165) is 0 Å². The number of aromatic nitrogens is 2. The average Bonchev–Trinajstić information content (AvgIpc) is 3.49. The van der Waals surface area contributed by atoms with Crippen molar-refractivity contribution >= 4 is 17.4 Å². The van der Waals surface area contributed by atoms with Crippen LogP contribution < -0.4 is 0 Å². The summed E-state index contributed by atoms with van der Waals surface area (Å²) < 4.78 is 2.31. The molecule has 0 saturated carbocycles. The molecule has 0 spiro atoms. The molecule has 0 unspecified atom stereocenters. The molecule has 5 rings (SSSR count). The molecule has 5 aromatic rings. The van der Waals surface area contributed by atoms with Crippen LogP contribution in [0.15, 0.2) is 140 Å². The van der Waals surface area contributed by atoms with Crippen LogP contribution in [0.4, 0.5) is 0 Å². The van der Waals surface area contributed by atoms with E-state index >= 15 is 0 Å². The van der Waals surface area contributed by atoms with Crippen LogP contribution >= 0.6 is 0 Å². The summed E-state index contributed by atoms with van der Waals surface area (Å²) in [6.45, 7) is 7.07. The fourth-order valence-corrected chi connectivity index (χ4v) is 7.90. The van der Waals surface area contributed by atoms with Crippen molar-refractivity contribution in [3.8, 4) is 0 Å². The molecular formula is C33H37BN2Si. The van der Waals surface area contributed by atoms with Crippen LogP contribution in [-0.2, 0) is 5.16 Å². The van der Waals surface area contributed by atoms with Crippen molar-refractivity contribution in [1.29, 1.82) is 0 Å². The average molecular weight is 501 g/mol. The van der Waals surface area contributed by atoms with Crippen LogP contribution in [0, 0.1) is 0 Å². The molecule has 0 aliphatic rings. The summed E-state index contributed by atoms with van der Waals surface area (Å²) in [5.41, 5.74) is 5.45. The molecule has 0 aliphatic heterocycles. The van der Waals surface area contributed by atoms with Gasteiger partial charge in [-0.05, 0) is 33.1 Å². The standard InChI is InChI=1S/C20H24N2Si.C13H13B/c1-19(2,3)23-20(22-15-14-21-16-22,17-10-6-4-7-11-17)18-12-8-5-9-13-18;14-13(11-7-3-1-4-8-11)12-9-5-2-6-10-12/h4-16H,23H2,1-3H3;1-10,13H,14H2. The zero-order valence-electron chi connectivity index (χ0n) is 22.5. The minimum absolute atomic E-state index is 0.114. The molecule has 0 fully saturated rings. The number of nitrogens with zero attached hydrogens (tertiary/aromatic N) is 2. The first-order valence-electron chi connectivity index (χ1n) is 13.1. The molecule has 1 aromatic heterocycles. The molecule has 4 heteroatoms. The Hall–Kier alpha value is -3.63.